The third kappa shape index (κ3) is 6.10. The van der Waals surface area contributed by atoms with Crippen LogP contribution in [0, 0.1) is 0 Å². The van der Waals surface area contributed by atoms with E-state index in [0.29, 0.717) is 56.1 Å². The minimum atomic E-state index is -0.302. The van der Waals surface area contributed by atoms with Crippen molar-refractivity contribution < 1.29 is 19.2 Å². The second-order valence-electron chi connectivity index (χ2n) is 11.2. The predicted molar refractivity (Wildman–Crippen MR) is 186 cm³/mol. The standard InChI is InChI=1S/C38H28N6O4/c45-35-29-13-5-7-15-31(29)39-37(47)27-11-3-1-9-23(27)21-33(35)43-41-25-17-19-26(20-18-25)42-44-34-22-24-10-2-4-12-28(24)38(48)40-32-16-8-6-14-30(32)36(34)46/h1-20,41-42H,21-22H2,(H,39,47)(H,40,48)/b43-33-,44-34-. The summed E-state index contributed by atoms with van der Waals surface area (Å²) in [5.74, 6) is -1.18. The maximum absolute atomic E-state index is 13.6. The number of rotatable bonds is 4. The lowest BCUT2D eigenvalue weighted by Gasteiger charge is -2.10. The quantitative estimate of drug-likeness (QED) is 0.165. The lowest BCUT2D eigenvalue weighted by atomic mass is 9.98. The van der Waals surface area contributed by atoms with Crippen molar-refractivity contribution in [1.82, 2.24) is 0 Å². The van der Waals surface area contributed by atoms with Crippen molar-refractivity contribution in [2.75, 3.05) is 21.5 Å². The molecule has 0 aliphatic carbocycles. The maximum atomic E-state index is 13.6. The molecular weight excluding hydrogens is 604 g/mol. The molecule has 10 heteroatoms. The van der Waals surface area contributed by atoms with E-state index in [0.717, 1.165) is 0 Å². The third-order valence-corrected chi connectivity index (χ3v) is 8.13. The number of para-hydroxylation sites is 2. The first-order valence-electron chi connectivity index (χ1n) is 15.3. The van der Waals surface area contributed by atoms with E-state index in [1.54, 1.807) is 97.1 Å². The lowest BCUT2D eigenvalue weighted by molar-refractivity contribution is 0.101. The molecule has 7 rings (SSSR count). The molecule has 0 unspecified atom stereocenters. The Kier molecular flexibility index (Phi) is 8.11. The fourth-order valence-electron chi connectivity index (χ4n) is 5.65. The molecular formula is C38H28N6O4. The van der Waals surface area contributed by atoms with Crippen LogP contribution in [-0.4, -0.2) is 34.8 Å². The van der Waals surface area contributed by atoms with Crippen molar-refractivity contribution in [3.8, 4) is 0 Å². The smallest absolute Gasteiger partial charge is 0.255 e. The summed E-state index contributed by atoms with van der Waals surface area (Å²) in [5, 5.41) is 14.7. The van der Waals surface area contributed by atoms with Crippen LogP contribution in [0.3, 0.4) is 0 Å². The summed E-state index contributed by atoms with van der Waals surface area (Å²) in [5.41, 5.74) is 11.5. The van der Waals surface area contributed by atoms with Gasteiger partial charge in [0.15, 0.2) is 0 Å². The van der Waals surface area contributed by atoms with Crippen LogP contribution in [0.4, 0.5) is 22.7 Å². The molecule has 2 heterocycles. The largest absolute Gasteiger partial charge is 0.321 e. The summed E-state index contributed by atoms with van der Waals surface area (Å²) in [7, 11) is 0. The number of amides is 2. The highest BCUT2D eigenvalue weighted by atomic mass is 16.2. The van der Waals surface area contributed by atoms with Gasteiger partial charge in [-0.25, -0.2) is 0 Å². The highest BCUT2D eigenvalue weighted by Crippen LogP contribution is 2.25. The zero-order valence-corrected chi connectivity index (χ0v) is 25.5. The van der Waals surface area contributed by atoms with Gasteiger partial charge in [0.25, 0.3) is 11.8 Å². The van der Waals surface area contributed by atoms with Gasteiger partial charge in [-0.05, 0) is 71.8 Å². The number of benzene rings is 5. The lowest BCUT2D eigenvalue weighted by Crippen LogP contribution is -2.19. The number of nitrogens with one attached hydrogen (secondary N) is 4. The molecule has 0 saturated heterocycles. The first-order chi connectivity index (χ1) is 23.4. The second-order valence-corrected chi connectivity index (χ2v) is 11.2. The number of anilines is 4. The normalized spacial score (nSPS) is 15.9. The predicted octanol–water partition coefficient (Wildman–Crippen LogP) is 6.61. The number of carbonyl (C=O) groups is 4. The van der Waals surface area contributed by atoms with Gasteiger partial charge in [-0.2, -0.15) is 10.2 Å². The monoisotopic (exact) mass is 632 g/mol. The average molecular weight is 633 g/mol. The van der Waals surface area contributed by atoms with E-state index in [1.807, 2.05) is 24.3 Å². The minimum absolute atomic E-state index is 0.155. The van der Waals surface area contributed by atoms with Gasteiger partial charge in [0, 0.05) is 35.1 Å². The molecule has 2 amide bonds. The Labute approximate surface area is 275 Å². The van der Waals surface area contributed by atoms with Gasteiger partial charge in [0.1, 0.15) is 11.4 Å². The van der Waals surface area contributed by atoms with Crippen molar-refractivity contribution in [2.45, 2.75) is 12.8 Å². The second kappa shape index (κ2) is 13.0. The molecule has 4 N–H and O–H groups in total. The Morgan fingerprint density at radius 2 is 0.792 bits per heavy atom. The van der Waals surface area contributed by atoms with Gasteiger partial charge in [-0.15, -0.1) is 0 Å². The van der Waals surface area contributed by atoms with Crippen molar-refractivity contribution >= 4 is 57.6 Å². The van der Waals surface area contributed by atoms with E-state index in [-0.39, 0.29) is 47.6 Å². The molecule has 48 heavy (non-hydrogen) atoms. The van der Waals surface area contributed by atoms with Gasteiger partial charge >= 0.3 is 0 Å². The van der Waals surface area contributed by atoms with Crippen LogP contribution in [0.5, 0.6) is 0 Å². The van der Waals surface area contributed by atoms with Gasteiger partial charge in [-0.1, -0.05) is 60.7 Å². The molecule has 0 spiro atoms. The summed E-state index contributed by atoms with van der Waals surface area (Å²) in [4.78, 5) is 53.3. The molecule has 0 bridgehead atoms. The zero-order chi connectivity index (χ0) is 33.0. The van der Waals surface area contributed by atoms with E-state index in [4.69, 9.17) is 0 Å². The van der Waals surface area contributed by atoms with E-state index in [1.165, 1.54) is 0 Å². The van der Waals surface area contributed by atoms with Gasteiger partial charge < -0.3 is 10.6 Å². The molecule has 234 valence electrons. The number of ketones is 2. The van der Waals surface area contributed by atoms with Crippen LogP contribution in [0.15, 0.2) is 132 Å². The molecule has 0 atom stereocenters. The number of carbonyl (C=O) groups excluding carboxylic acids is 4. The topological polar surface area (TPSA) is 141 Å². The number of hydrazone groups is 2. The van der Waals surface area contributed by atoms with E-state index >= 15 is 0 Å². The van der Waals surface area contributed by atoms with E-state index in [2.05, 4.69) is 31.7 Å². The summed E-state index contributed by atoms with van der Waals surface area (Å²) < 4.78 is 0. The summed E-state index contributed by atoms with van der Waals surface area (Å²) in [6.07, 6.45) is 0.310. The summed E-state index contributed by atoms with van der Waals surface area (Å²) >= 11 is 0. The SMILES string of the molecule is O=C1Nc2ccccc2C(=O)/C(=N\Nc2ccc(N/N=C3/Cc4ccccc4C(=O)Nc4ccccc4C3=O)cc2)Cc2ccccc21. The molecule has 0 aromatic heterocycles. The Bertz CT molecular complexity index is 2020. The number of nitrogens with zero attached hydrogens (tertiary/aromatic N) is 2. The molecule has 5 aromatic carbocycles. The number of hydrogen-bond acceptors (Lipinski definition) is 8. The number of hydrogen-bond donors (Lipinski definition) is 4. The van der Waals surface area contributed by atoms with Gasteiger partial charge in [0.05, 0.1) is 22.7 Å². The van der Waals surface area contributed by atoms with Crippen LogP contribution < -0.4 is 21.5 Å². The van der Waals surface area contributed by atoms with Crippen molar-refractivity contribution in [3.63, 3.8) is 0 Å². The highest BCUT2D eigenvalue weighted by Gasteiger charge is 2.26. The van der Waals surface area contributed by atoms with Crippen LogP contribution >= 0.6 is 0 Å². The molecule has 5 aromatic rings. The Morgan fingerprint density at radius 1 is 0.438 bits per heavy atom. The minimum Gasteiger partial charge on any atom is -0.321 e. The summed E-state index contributed by atoms with van der Waals surface area (Å²) in [6, 6.07) is 35.0. The molecule has 0 saturated carbocycles. The Hall–Kier alpha value is -6.68. The van der Waals surface area contributed by atoms with Crippen molar-refractivity contribution in [1.29, 1.82) is 0 Å². The zero-order valence-electron chi connectivity index (χ0n) is 25.5. The van der Waals surface area contributed by atoms with Crippen molar-refractivity contribution in [2.24, 2.45) is 10.2 Å². The van der Waals surface area contributed by atoms with Crippen LogP contribution in [0.2, 0.25) is 0 Å². The molecule has 0 fully saturated rings. The van der Waals surface area contributed by atoms with Crippen LogP contribution in [0.25, 0.3) is 0 Å². The molecule has 2 aliphatic heterocycles. The first-order valence-corrected chi connectivity index (χ1v) is 15.3. The first kappa shape index (κ1) is 30.0. The average Bonchev–Trinajstić information content (AvgIpc) is 3.19. The Balaban J connectivity index is 1.14. The summed E-state index contributed by atoms with van der Waals surface area (Å²) in [6.45, 7) is 0. The maximum Gasteiger partial charge on any atom is 0.255 e. The highest BCUT2D eigenvalue weighted by molar-refractivity contribution is 6.48. The van der Waals surface area contributed by atoms with Crippen LogP contribution in [0.1, 0.15) is 52.6 Å². The third-order valence-electron chi connectivity index (χ3n) is 8.13. The molecule has 2 aliphatic rings. The fourth-order valence-corrected chi connectivity index (χ4v) is 5.65. The van der Waals surface area contributed by atoms with Gasteiger partial charge in [0.2, 0.25) is 11.6 Å². The van der Waals surface area contributed by atoms with Crippen molar-refractivity contribution in [3.05, 3.63) is 155 Å². The van der Waals surface area contributed by atoms with Gasteiger partial charge in [-0.3, -0.25) is 30.0 Å². The van der Waals surface area contributed by atoms with E-state index in [9.17, 15) is 19.2 Å². The number of Topliss-reactive ketones (excluding diaryl/α,β-unsaturated/α-hetero) is 2. The Morgan fingerprint density at radius 3 is 1.21 bits per heavy atom. The molecule has 10 nitrogen and oxygen atoms in total. The molecule has 0 radical (unpaired) electrons. The fraction of sp³-hybridized carbons (Fsp3) is 0.0526. The van der Waals surface area contributed by atoms with E-state index < -0.39 is 0 Å². The van der Waals surface area contributed by atoms with Crippen LogP contribution in [-0.2, 0) is 12.8 Å². The number of fused-ring (bicyclic) bond motifs is 4.